The number of anilines is 1. The minimum Gasteiger partial charge on any atom is -0.355 e. The van der Waals surface area contributed by atoms with E-state index < -0.39 is 0 Å². The summed E-state index contributed by atoms with van der Waals surface area (Å²) in [5, 5.41) is 2.49. The molecule has 3 nitrogen and oxygen atoms in total. The number of aromatic nitrogens is 2. The fourth-order valence-corrected chi connectivity index (χ4v) is 2.85. The number of rotatable bonds is 2. The number of pyridine rings is 2. The van der Waals surface area contributed by atoms with E-state index in [1.165, 1.54) is 16.3 Å². The van der Waals surface area contributed by atoms with Gasteiger partial charge in [-0.15, -0.1) is 0 Å². The van der Waals surface area contributed by atoms with Crippen molar-refractivity contribution in [3.8, 4) is 0 Å². The molecule has 4 rings (SSSR count). The van der Waals surface area contributed by atoms with Crippen LogP contribution in [0, 0.1) is 0 Å². The zero-order valence-electron chi connectivity index (χ0n) is 11.1. The minimum atomic E-state index is 0.596. The SMILES string of the molecule is c1ccc2c(N3CC(c4ccncc4)C3)nccc2c1. The molecule has 0 bridgehead atoms. The summed E-state index contributed by atoms with van der Waals surface area (Å²) < 4.78 is 0. The van der Waals surface area contributed by atoms with Crippen molar-refractivity contribution >= 4 is 16.6 Å². The van der Waals surface area contributed by atoms with Crippen molar-refractivity contribution in [3.63, 3.8) is 0 Å². The van der Waals surface area contributed by atoms with Crippen LogP contribution in [0.2, 0.25) is 0 Å². The molecule has 0 atom stereocenters. The number of benzene rings is 1. The molecule has 1 fully saturated rings. The molecular formula is C17H15N3. The zero-order valence-corrected chi connectivity index (χ0v) is 11.1. The van der Waals surface area contributed by atoms with E-state index in [0.29, 0.717) is 5.92 Å². The van der Waals surface area contributed by atoms with Crippen molar-refractivity contribution in [1.82, 2.24) is 9.97 Å². The molecule has 2 aromatic heterocycles. The van der Waals surface area contributed by atoms with E-state index in [1.54, 1.807) is 0 Å². The fourth-order valence-electron chi connectivity index (χ4n) is 2.85. The predicted octanol–water partition coefficient (Wildman–Crippen LogP) is 3.23. The Bertz CT molecular complexity index is 728. The van der Waals surface area contributed by atoms with Crippen LogP contribution in [-0.4, -0.2) is 23.1 Å². The van der Waals surface area contributed by atoms with Gasteiger partial charge in [0.25, 0.3) is 0 Å². The van der Waals surface area contributed by atoms with Crippen LogP contribution in [0.3, 0.4) is 0 Å². The number of hydrogen-bond acceptors (Lipinski definition) is 3. The quantitative estimate of drug-likeness (QED) is 0.709. The number of nitrogens with zero attached hydrogens (tertiary/aromatic N) is 3. The van der Waals surface area contributed by atoms with Gasteiger partial charge in [-0.05, 0) is 29.1 Å². The van der Waals surface area contributed by atoms with Crippen molar-refractivity contribution in [2.45, 2.75) is 5.92 Å². The first-order valence-corrected chi connectivity index (χ1v) is 6.90. The predicted molar refractivity (Wildman–Crippen MR) is 80.9 cm³/mol. The molecule has 0 N–H and O–H groups in total. The second-order valence-electron chi connectivity index (χ2n) is 5.24. The molecule has 20 heavy (non-hydrogen) atoms. The Morgan fingerprint density at radius 2 is 1.70 bits per heavy atom. The summed E-state index contributed by atoms with van der Waals surface area (Å²) in [4.78, 5) is 11.0. The third-order valence-electron chi connectivity index (χ3n) is 4.01. The summed E-state index contributed by atoms with van der Waals surface area (Å²) in [6.07, 6.45) is 5.64. The van der Waals surface area contributed by atoms with E-state index in [1.807, 2.05) is 18.6 Å². The van der Waals surface area contributed by atoms with Crippen molar-refractivity contribution in [2.24, 2.45) is 0 Å². The van der Waals surface area contributed by atoms with Crippen LogP contribution in [0.4, 0.5) is 5.82 Å². The molecule has 0 aliphatic carbocycles. The maximum Gasteiger partial charge on any atom is 0.136 e. The highest BCUT2D eigenvalue weighted by molar-refractivity contribution is 5.92. The first-order valence-electron chi connectivity index (χ1n) is 6.90. The van der Waals surface area contributed by atoms with E-state index in [2.05, 4.69) is 57.3 Å². The highest BCUT2D eigenvalue weighted by atomic mass is 15.2. The molecule has 0 unspecified atom stereocenters. The molecule has 3 aromatic rings. The fraction of sp³-hybridized carbons (Fsp3) is 0.176. The molecular weight excluding hydrogens is 246 g/mol. The van der Waals surface area contributed by atoms with Crippen LogP contribution in [0.5, 0.6) is 0 Å². The Hall–Kier alpha value is -2.42. The van der Waals surface area contributed by atoms with Gasteiger partial charge >= 0.3 is 0 Å². The van der Waals surface area contributed by atoms with Crippen molar-refractivity contribution < 1.29 is 0 Å². The van der Waals surface area contributed by atoms with Crippen molar-refractivity contribution in [3.05, 3.63) is 66.6 Å². The van der Waals surface area contributed by atoms with Gasteiger partial charge in [0.15, 0.2) is 0 Å². The summed E-state index contributed by atoms with van der Waals surface area (Å²) in [5.41, 5.74) is 1.37. The largest absolute Gasteiger partial charge is 0.355 e. The number of fused-ring (bicyclic) bond motifs is 1. The molecule has 0 amide bonds. The van der Waals surface area contributed by atoms with Gasteiger partial charge in [-0.1, -0.05) is 24.3 Å². The molecule has 98 valence electrons. The average Bonchev–Trinajstić information content (AvgIpc) is 2.47. The lowest BCUT2D eigenvalue weighted by atomic mass is 9.92. The zero-order chi connectivity index (χ0) is 13.4. The van der Waals surface area contributed by atoms with Gasteiger partial charge in [0.1, 0.15) is 5.82 Å². The van der Waals surface area contributed by atoms with Crippen LogP contribution < -0.4 is 4.90 Å². The smallest absolute Gasteiger partial charge is 0.136 e. The molecule has 0 radical (unpaired) electrons. The van der Waals surface area contributed by atoms with Gasteiger partial charge in [-0.3, -0.25) is 4.98 Å². The second kappa shape index (κ2) is 4.60. The molecule has 1 aliphatic heterocycles. The Kier molecular flexibility index (Phi) is 2.62. The van der Waals surface area contributed by atoms with Crippen LogP contribution in [0.25, 0.3) is 10.8 Å². The van der Waals surface area contributed by atoms with E-state index in [0.717, 1.165) is 18.9 Å². The van der Waals surface area contributed by atoms with Crippen LogP contribution in [-0.2, 0) is 0 Å². The summed E-state index contributed by atoms with van der Waals surface area (Å²) >= 11 is 0. The lowest BCUT2D eigenvalue weighted by Crippen LogP contribution is -2.45. The van der Waals surface area contributed by atoms with Gasteiger partial charge in [0.2, 0.25) is 0 Å². The maximum absolute atomic E-state index is 4.57. The lowest BCUT2D eigenvalue weighted by Gasteiger charge is -2.40. The van der Waals surface area contributed by atoms with Crippen LogP contribution >= 0.6 is 0 Å². The topological polar surface area (TPSA) is 29.0 Å². The molecule has 0 spiro atoms. The second-order valence-corrected chi connectivity index (χ2v) is 5.24. The monoisotopic (exact) mass is 261 g/mol. The first-order chi connectivity index (χ1) is 9.92. The highest BCUT2D eigenvalue weighted by Gasteiger charge is 2.29. The molecule has 1 aromatic carbocycles. The van der Waals surface area contributed by atoms with Gasteiger partial charge in [-0.2, -0.15) is 0 Å². The summed E-state index contributed by atoms with van der Waals surface area (Å²) in [7, 11) is 0. The normalized spacial score (nSPS) is 15.3. The van der Waals surface area contributed by atoms with Gasteiger partial charge in [0.05, 0.1) is 0 Å². The molecule has 0 saturated carbocycles. The molecule has 1 saturated heterocycles. The minimum absolute atomic E-state index is 0.596. The summed E-state index contributed by atoms with van der Waals surface area (Å²) in [6.45, 7) is 2.07. The van der Waals surface area contributed by atoms with Crippen molar-refractivity contribution in [2.75, 3.05) is 18.0 Å². The van der Waals surface area contributed by atoms with Crippen LogP contribution in [0.15, 0.2) is 61.1 Å². The van der Waals surface area contributed by atoms with Gasteiger partial charge in [-0.25, -0.2) is 4.98 Å². The Balaban J connectivity index is 1.61. The van der Waals surface area contributed by atoms with E-state index >= 15 is 0 Å². The lowest BCUT2D eigenvalue weighted by molar-refractivity contribution is 0.521. The Labute approximate surface area is 117 Å². The Morgan fingerprint density at radius 1 is 0.900 bits per heavy atom. The van der Waals surface area contributed by atoms with Crippen LogP contribution in [0.1, 0.15) is 11.5 Å². The molecule has 1 aliphatic rings. The molecule has 3 heterocycles. The number of hydrogen-bond donors (Lipinski definition) is 0. The molecule has 3 heteroatoms. The first kappa shape index (κ1) is 11.4. The third kappa shape index (κ3) is 1.83. The van der Waals surface area contributed by atoms with Gasteiger partial charge < -0.3 is 4.90 Å². The van der Waals surface area contributed by atoms with E-state index in [-0.39, 0.29) is 0 Å². The standard InChI is InChI=1S/C17H15N3/c1-2-4-16-14(3-1)7-10-19-17(16)20-11-15(12-20)13-5-8-18-9-6-13/h1-10,15H,11-12H2. The summed E-state index contributed by atoms with van der Waals surface area (Å²) in [6, 6.07) is 14.7. The van der Waals surface area contributed by atoms with E-state index in [9.17, 15) is 0 Å². The highest BCUT2D eigenvalue weighted by Crippen LogP contribution is 2.33. The third-order valence-corrected chi connectivity index (χ3v) is 4.01. The summed E-state index contributed by atoms with van der Waals surface area (Å²) in [5.74, 6) is 1.70. The van der Waals surface area contributed by atoms with E-state index in [4.69, 9.17) is 0 Å². The van der Waals surface area contributed by atoms with Crippen molar-refractivity contribution in [1.29, 1.82) is 0 Å². The Morgan fingerprint density at radius 3 is 2.55 bits per heavy atom. The maximum atomic E-state index is 4.57. The van der Waals surface area contributed by atoms with Gasteiger partial charge in [0, 0.05) is 43.0 Å². The average molecular weight is 261 g/mol.